The molecule has 13 heavy (non-hydrogen) atoms. The van der Waals surface area contributed by atoms with Crippen molar-refractivity contribution >= 4 is 0 Å². The minimum absolute atomic E-state index is 0.110. The lowest BCUT2D eigenvalue weighted by atomic mass is 9.90. The summed E-state index contributed by atoms with van der Waals surface area (Å²) in [7, 11) is 0. The highest BCUT2D eigenvalue weighted by Gasteiger charge is 2.27. The highest BCUT2D eigenvalue weighted by molar-refractivity contribution is 4.77. The SMILES string of the molecule is CCC(CC)C(O)C1CCCCO1. The van der Waals surface area contributed by atoms with Crippen LogP contribution in [-0.2, 0) is 4.74 Å². The van der Waals surface area contributed by atoms with E-state index in [4.69, 9.17) is 4.74 Å². The van der Waals surface area contributed by atoms with Gasteiger partial charge in [-0.2, -0.15) is 0 Å². The summed E-state index contributed by atoms with van der Waals surface area (Å²) in [5, 5.41) is 10.0. The molecule has 0 spiro atoms. The molecule has 0 aromatic rings. The molecule has 2 atom stereocenters. The maximum atomic E-state index is 10.0. The summed E-state index contributed by atoms with van der Waals surface area (Å²) in [5.74, 6) is 0.420. The van der Waals surface area contributed by atoms with Crippen molar-refractivity contribution in [2.45, 2.75) is 58.2 Å². The second-order valence-corrected chi connectivity index (χ2v) is 3.97. The molecule has 0 aliphatic carbocycles. The zero-order valence-electron chi connectivity index (χ0n) is 8.83. The Labute approximate surface area is 81.3 Å². The Bertz CT molecular complexity index is 126. The molecule has 0 saturated carbocycles. The van der Waals surface area contributed by atoms with Crippen molar-refractivity contribution in [3.8, 4) is 0 Å². The van der Waals surface area contributed by atoms with E-state index in [1.807, 2.05) is 0 Å². The summed E-state index contributed by atoms with van der Waals surface area (Å²) in [4.78, 5) is 0. The minimum atomic E-state index is -0.240. The molecule has 1 rings (SSSR count). The fourth-order valence-electron chi connectivity index (χ4n) is 2.11. The van der Waals surface area contributed by atoms with Gasteiger partial charge in [0.2, 0.25) is 0 Å². The quantitative estimate of drug-likeness (QED) is 0.730. The fourth-order valence-corrected chi connectivity index (χ4v) is 2.11. The van der Waals surface area contributed by atoms with Crippen LogP contribution in [0.2, 0.25) is 0 Å². The van der Waals surface area contributed by atoms with Gasteiger partial charge >= 0.3 is 0 Å². The smallest absolute Gasteiger partial charge is 0.0836 e. The van der Waals surface area contributed by atoms with Crippen LogP contribution in [0.4, 0.5) is 0 Å². The van der Waals surface area contributed by atoms with Gasteiger partial charge in [-0.15, -0.1) is 0 Å². The standard InChI is InChI=1S/C11H22O2/c1-3-9(4-2)11(12)10-7-5-6-8-13-10/h9-12H,3-8H2,1-2H3. The van der Waals surface area contributed by atoms with Gasteiger partial charge in [-0.1, -0.05) is 26.7 Å². The molecule has 1 aliphatic rings. The van der Waals surface area contributed by atoms with Gasteiger partial charge in [0.1, 0.15) is 0 Å². The van der Waals surface area contributed by atoms with Gasteiger partial charge in [0.15, 0.2) is 0 Å². The minimum Gasteiger partial charge on any atom is -0.390 e. The molecule has 1 heterocycles. The van der Waals surface area contributed by atoms with E-state index in [9.17, 15) is 5.11 Å². The van der Waals surface area contributed by atoms with Crippen LogP contribution < -0.4 is 0 Å². The van der Waals surface area contributed by atoms with Gasteiger partial charge in [0, 0.05) is 6.61 Å². The molecule has 0 amide bonds. The largest absolute Gasteiger partial charge is 0.390 e. The first-order valence-electron chi connectivity index (χ1n) is 5.59. The number of ether oxygens (including phenoxy) is 1. The molecule has 1 fully saturated rings. The summed E-state index contributed by atoms with van der Waals surface area (Å²) >= 11 is 0. The van der Waals surface area contributed by atoms with E-state index in [-0.39, 0.29) is 12.2 Å². The van der Waals surface area contributed by atoms with E-state index >= 15 is 0 Å². The summed E-state index contributed by atoms with van der Waals surface area (Å²) in [6.45, 7) is 5.11. The molecule has 2 unspecified atom stereocenters. The molecule has 0 aromatic heterocycles. The van der Waals surface area contributed by atoms with Gasteiger partial charge in [0.25, 0.3) is 0 Å². The van der Waals surface area contributed by atoms with Crippen molar-refractivity contribution in [3.05, 3.63) is 0 Å². The highest BCUT2D eigenvalue weighted by Crippen LogP contribution is 2.23. The molecule has 1 aliphatic heterocycles. The molecule has 0 bridgehead atoms. The number of hydrogen-bond acceptors (Lipinski definition) is 2. The third-order valence-corrected chi connectivity index (χ3v) is 3.13. The van der Waals surface area contributed by atoms with Crippen molar-refractivity contribution < 1.29 is 9.84 Å². The lowest BCUT2D eigenvalue weighted by Gasteiger charge is -2.31. The Morgan fingerprint density at radius 3 is 2.46 bits per heavy atom. The van der Waals surface area contributed by atoms with Crippen LogP contribution in [-0.4, -0.2) is 23.9 Å². The predicted octanol–water partition coefficient (Wildman–Crippen LogP) is 2.35. The summed E-state index contributed by atoms with van der Waals surface area (Å²) in [6, 6.07) is 0. The summed E-state index contributed by atoms with van der Waals surface area (Å²) in [6.07, 6.45) is 5.38. The van der Waals surface area contributed by atoms with Gasteiger partial charge in [-0.3, -0.25) is 0 Å². The molecule has 2 nitrogen and oxygen atoms in total. The van der Waals surface area contributed by atoms with Gasteiger partial charge in [-0.25, -0.2) is 0 Å². The Kier molecular flexibility index (Phi) is 4.74. The van der Waals surface area contributed by atoms with Crippen molar-refractivity contribution in [2.75, 3.05) is 6.61 Å². The van der Waals surface area contributed by atoms with E-state index in [1.165, 1.54) is 6.42 Å². The van der Waals surface area contributed by atoms with Crippen molar-refractivity contribution in [1.29, 1.82) is 0 Å². The fraction of sp³-hybridized carbons (Fsp3) is 1.00. The van der Waals surface area contributed by atoms with E-state index in [1.54, 1.807) is 0 Å². The second kappa shape index (κ2) is 5.61. The highest BCUT2D eigenvalue weighted by atomic mass is 16.5. The number of hydrogen-bond donors (Lipinski definition) is 1. The second-order valence-electron chi connectivity index (χ2n) is 3.97. The summed E-state index contributed by atoms with van der Waals surface area (Å²) < 4.78 is 5.57. The number of aliphatic hydroxyl groups is 1. The average Bonchev–Trinajstić information content (AvgIpc) is 2.21. The first kappa shape index (κ1) is 11.0. The Morgan fingerprint density at radius 1 is 1.31 bits per heavy atom. The molecule has 0 radical (unpaired) electrons. The van der Waals surface area contributed by atoms with Crippen LogP contribution in [0.3, 0.4) is 0 Å². The van der Waals surface area contributed by atoms with Crippen molar-refractivity contribution in [2.24, 2.45) is 5.92 Å². The third-order valence-electron chi connectivity index (χ3n) is 3.13. The zero-order chi connectivity index (χ0) is 9.68. The van der Waals surface area contributed by atoms with Crippen LogP contribution >= 0.6 is 0 Å². The first-order valence-corrected chi connectivity index (χ1v) is 5.59. The Hall–Kier alpha value is -0.0800. The Balaban J connectivity index is 2.38. The maximum absolute atomic E-state index is 10.0. The van der Waals surface area contributed by atoms with Gasteiger partial charge in [0.05, 0.1) is 12.2 Å². The summed E-state index contributed by atoms with van der Waals surface area (Å²) in [5.41, 5.74) is 0. The van der Waals surface area contributed by atoms with E-state index in [0.29, 0.717) is 5.92 Å². The topological polar surface area (TPSA) is 29.5 Å². The lowest BCUT2D eigenvalue weighted by molar-refractivity contribution is -0.0842. The average molecular weight is 186 g/mol. The third kappa shape index (κ3) is 2.96. The first-order chi connectivity index (χ1) is 6.29. The van der Waals surface area contributed by atoms with Gasteiger partial charge < -0.3 is 9.84 Å². The zero-order valence-corrected chi connectivity index (χ0v) is 8.83. The molecule has 78 valence electrons. The van der Waals surface area contributed by atoms with Crippen LogP contribution in [0.1, 0.15) is 46.0 Å². The number of rotatable bonds is 4. The molecule has 1 saturated heterocycles. The number of aliphatic hydroxyl groups excluding tert-OH is 1. The van der Waals surface area contributed by atoms with E-state index < -0.39 is 0 Å². The van der Waals surface area contributed by atoms with Crippen LogP contribution in [0.25, 0.3) is 0 Å². The molecular formula is C11H22O2. The Morgan fingerprint density at radius 2 is 2.00 bits per heavy atom. The predicted molar refractivity (Wildman–Crippen MR) is 53.7 cm³/mol. The van der Waals surface area contributed by atoms with Crippen LogP contribution in [0, 0.1) is 5.92 Å². The lowest BCUT2D eigenvalue weighted by Crippen LogP contribution is -2.37. The van der Waals surface area contributed by atoms with Crippen LogP contribution in [0.5, 0.6) is 0 Å². The van der Waals surface area contributed by atoms with Crippen molar-refractivity contribution in [1.82, 2.24) is 0 Å². The molecule has 0 aromatic carbocycles. The molecular weight excluding hydrogens is 164 g/mol. The van der Waals surface area contributed by atoms with Crippen LogP contribution in [0.15, 0.2) is 0 Å². The van der Waals surface area contributed by atoms with E-state index in [2.05, 4.69) is 13.8 Å². The van der Waals surface area contributed by atoms with E-state index in [0.717, 1.165) is 32.3 Å². The molecule has 1 N–H and O–H groups in total. The maximum Gasteiger partial charge on any atom is 0.0836 e. The molecule has 2 heteroatoms. The van der Waals surface area contributed by atoms with Gasteiger partial charge in [-0.05, 0) is 25.2 Å². The van der Waals surface area contributed by atoms with Crippen molar-refractivity contribution in [3.63, 3.8) is 0 Å². The normalized spacial score (nSPS) is 26.3. The monoisotopic (exact) mass is 186 g/mol.